The van der Waals surface area contributed by atoms with E-state index < -0.39 is 5.97 Å². The molecular formula is C29H21FNO5+. The first-order valence-corrected chi connectivity index (χ1v) is 11.8. The minimum atomic E-state index is -0.445. The summed E-state index contributed by atoms with van der Waals surface area (Å²) in [4.78, 5) is 12.9. The fourth-order valence-corrected chi connectivity index (χ4v) is 5.42. The van der Waals surface area contributed by atoms with Gasteiger partial charge in [-0.15, -0.1) is 0 Å². The molecule has 0 saturated carbocycles. The Morgan fingerprint density at radius 1 is 1.00 bits per heavy atom. The fraction of sp³-hybridized carbons (Fsp3) is 0.172. The number of halogens is 1. The van der Waals surface area contributed by atoms with Gasteiger partial charge in [-0.25, -0.2) is 4.39 Å². The number of rotatable bonds is 4. The van der Waals surface area contributed by atoms with Gasteiger partial charge in [-0.05, 0) is 53.6 Å². The van der Waals surface area contributed by atoms with Crippen LogP contribution >= 0.6 is 0 Å². The maximum absolute atomic E-state index is 13.3. The number of benzene rings is 4. The summed E-state index contributed by atoms with van der Waals surface area (Å²) in [6, 6.07) is 15.9. The number of methoxy groups -OCH3 is 1. The summed E-state index contributed by atoms with van der Waals surface area (Å²) in [5.41, 5.74) is 3.03. The highest BCUT2D eigenvalue weighted by Gasteiger charge is 2.30. The predicted octanol–water partition coefficient (Wildman–Crippen LogP) is 5.01. The second-order valence-electron chi connectivity index (χ2n) is 9.06. The van der Waals surface area contributed by atoms with Crippen LogP contribution in [0.15, 0.2) is 60.8 Å². The number of hydrogen-bond donors (Lipinski definition) is 0. The zero-order valence-electron chi connectivity index (χ0n) is 19.5. The van der Waals surface area contributed by atoms with Gasteiger partial charge in [-0.2, -0.15) is 4.57 Å². The molecule has 0 aliphatic carbocycles. The number of carbonyl (C=O) groups is 1. The largest absolute Gasteiger partial charge is 0.493 e. The molecule has 2 aliphatic rings. The van der Waals surface area contributed by atoms with Crippen molar-refractivity contribution >= 4 is 38.4 Å². The number of ether oxygens (including phenoxy) is 4. The fourth-order valence-electron chi connectivity index (χ4n) is 5.42. The predicted molar refractivity (Wildman–Crippen MR) is 131 cm³/mol. The van der Waals surface area contributed by atoms with Crippen LogP contribution in [0.25, 0.3) is 32.4 Å². The second kappa shape index (κ2) is 7.81. The van der Waals surface area contributed by atoms with Gasteiger partial charge < -0.3 is 18.9 Å². The van der Waals surface area contributed by atoms with Crippen LogP contribution in [0.3, 0.4) is 0 Å². The van der Waals surface area contributed by atoms with E-state index in [1.165, 1.54) is 17.7 Å². The maximum Gasteiger partial charge on any atom is 0.315 e. The number of aromatic nitrogens is 1. The number of esters is 1. The van der Waals surface area contributed by atoms with Crippen molar-refractivity contribution in [2.45, 2.75) is 19.4 Å². The van der Waals surface area contributed by atoms with Crippen LogP contribution in [0, 0.1) is 5.82 Å². The van der Waals surface area contributed by atoms with Gasteiger partial charge in [-0.1, -0.05) is 12.1 Å². The van der Waals surface area contributed by atoms with E-state index >= 15 is 0 Å². The lowest BCUT2D eigenvalue weighted by Gasteiger charge is -2.18. The van der Waals surface area contributed by atoms with Crippen LogP contribution in [-0.2, 0) is 24.2 Å². The number of pyridine rings is 1. The smallest absolute Gasteiger partial charge is 0.315 e. The number of carbonyl (C=O) groups excluding carboxylic acids is 1. The van der Waals surface area contributed by atoms with Crippen molar-refractivity contribution in [1.29, 1.82) is 0 Å². The van der Waals surface area contributed by atoms with Crippen LogP contribution in [-0.4, -0.2) is 19.9 Å². The Balaban J connectivity index is 1.41. The third-order valence-corrected chi connectivity index (χ3v) is 7.03. The Morgan fingerprint density at radius 2 is 1.81 bits per heavy atom. The monoisotopic (exact) mass is 482 g/mol. The molecule has 7 rings (SSSR count). The first-order valence-electron chi connectivity index (χ1n) is 11.8. The summed E-state index contributed by atoms with van der Waals surface area (Å²) in [5, 5.41) is 5.01. The van der Waals surface area contributed by atoms with E-state index in [0.717, 1.165) is 56.9 Å². The van der Waals surface area contributed by atoms with E-state index in [2.05, 4.69) is 22.8 Å². The lowest BCUT2D eigenvalue weighted by molar-refractivity contribution is -0.670. The second-order valence-corrected chi connectivity index (χ2v) is 9.06. The molecule has 4 aromatic carbocycles. The van der Waals surface area contributed by atoms with Crippen LogP contribution in [0.1, 0.15) is 11.1 Å². The van der Waals surface area contributed by atoms with Crippen molar-refractivity contribution in [1.82, 2.24) is 0 Å². The van der Waals surface area contributed by atoms with Crippen LogP contribution in [0.4, 0.5) is 4.39 Å². The average molecular weight is 482 g/mol. The molecule has 3 heterocycles. The third kappa shape index (κ3) is 3.09. The van der Waals surface area contributed by atoms with E-state index in [9.17, 15) is 9.18 Å². The Kier molecular flexibility index (Phi) is 4.54. The molecule has 0 radical (unpaired) electrons. The quantitative estimate of drug-likeness (QED) is 0.156. The standard InChI is InChI=1S/C29H21FNO5/c1-33-23-9-8-19-20-6-7-21-26-17(13-24-28(21)35-15-34-24)10-11-31(27(20)26)14-22(19)29(23)36-25(32)12-16-2-4-18(30)5-3-16/h2-9,13-14H,10-12,15H2,1H3/q+1. The minimum absolute atomic E-state index is 0.0224. The van der Waals surface area contributed by atoms with Crippen molar-refractivity contribution in [3.05, 3.63) is 77.7 Å². The zero-order valence-corrected chi connectivity index (χ0v) is 19.5. The molecule has 0 spiro atoms. The van der Waals surface area contributed by atoms with Gasteiger partial charge in [0.2, 0.25) is 12.3 Å². The van der Waals surface area contributed by atoms with Crippen LogP contribution < -0.4 is 23.5 Å². The van der Waals surface area contributed by atoms with Gasteiger partial charge in [0, 0.05) is 17.2 Å². The Morgan fingerprint density at radius 3 is 2.64 bits per heavy atom. The zero-order chi connectivity index (χ0) is 24.4. The Bertz CT molecular complexity index is 1730. The van der Waals surface area contributed by atoms with Crippen molar-refractivity contribution < 1.29 is 32.7 Å². The Hall–Kier alpha value is -4.39. The normalized spacial score (nSPS) is 13.6. The van der Waals surface area contributed by atoms with Crippen molar-refractivity contribution in [2.24, 2.45) is 0 Å². The highest BCUT2D eigenvalue weighted by atomic mass is 19.1. The molecule has 0 bridgehead atoms. The van der Waals surface area contributed by atoms with E-state index in [4.69, 9.17) is 18.9 Å². The number of hydrogen-bond acceptors (Lipinski definition) is 5. The van der Waals surface area contributed by atoms with E-state index in [0.29, 0.717) is 17.1 Å². The maximum atomic E-state index is 13.3. The van der Waals surface area contributed by atoms with E-state index in [1.54, 1.807) is 19.2 Å². The van der Waals surface area contributed by atoms with E-state index in [-0.39, 0.29) is 19.0 Å². The number of fused-ring (bicyclic) bond motifs is 4. The van der Waals surface area contributed by atoms with Crippen molar-refractivity contribution in [3.8, 4) is 23.0 Å². The van der Waals surface area contributed by atoms with Crippen LogP contribution in [0.5, 0.6) is 23.0 Å². The average Bonchev–Trinajstić information content (AvgIpc) is 3.37. The molecule has 2 aliphatic heterocycles. The molecule has 0 amide bonds. The van der Waals surface area contributed by atoms with Crippen molar-refractivity contribution in [3.63, 3.8) is 0 Å². The summed E-state index contributed by atoms with van der Waals surface area (Å²) in [6.07, 6.45) is 2.90. The molecule has 1 aromatic heterocycles. The van der Waals surface area contributed by atoms with Gasteiger partial charge in [0.25, 0.3) is 0 Å². The first-order chi connectivity index (χ1) is 17.6. The molecule has 6 nitrogen and oxygen atoms in total. The molecule has 0 unspecified atom stereocenters. The topological polar surface area (TPSA) is 57.9 Å². The van der Waals surface area contributed by atoms with Gasteiger partial charge in [0.1, 0.15) is 5.82 Å². The summed E-state index contributed by atoms with van der Waals surface area (Å²) in [7, 11) is 1.55. The molecule has 178 valence electrons. The highest BCUT2D eigenvalue weighted by Crippen LogP contribution is 2.46. The van der Waals surface area contributed by atoms with Gasteiger partial charge in [0.05, 0.1) is 29.7 Å². The molecule has 0 fully saturated rings. The summed E-state index contributed by atoms with van der Waals surface area (Å²) < 4.78 is 38.4. The van der Waals surface area contributed by atoms with Crippen LogP contribution in [0.2, 0.25) is 0 Å². The molecule has 0 saturated heterocycles. The third-order valence-electron chi connectivity index (χ3n) is 7.03. The SMILES string of the molecule is COc1ccc2c(c[n+]3c4c2ccc2c5c(cc(c24)CC3)OCO5)c1OC(=O)Cc1ccc(F)cc1. The van der Waals surface area contributed by atoms with Gasteiger partial charge in [0.15, 0.2) is 35.7 Å². The summed E-state index contributed by atoms with van der Waals surface area (Å²) in [5.74, 6) is 1.65. The molecule has 36 heavy (non-hydrogen) atoms. The molecule has 7 heteroatoms. The first kappa shape index (κ1) is 20.9. The lowest BCUT2D eigenvalue weighted by Crippen LogP contribution is -2.38. The minimum Gasteiger partial charge on any atom is -0.493 e. The number of nitrogens with zero attached hydrogens (tertiary/aromatic N) is 1. The molecule has 5 aromatic rings. The molecular weight excluding hydrogens is 461 g/mol. The molecule has 0 N–H and O–H groups in total. The molecule has 0 atom stereocenters. The van der Waals surface area contributed by atoms with Gasteiger partial charge >= 0.3 is 5.97 Å². The number of aryl methyl sites for hydroxylation is 2. The van der Waals surface area contributed by atoms with Gasteiger partial charge in [-0.3, -0.25) is 4.79 Å². The summed E-state index contributed by atoms with van der Waals surface area (Å²) >= 11 is 0. The lowest BCUT2D eigenvalue weighted by atomic mass is 9.93. The summed E-state index contributed by atoms with van der Waals surface area (Å²) in [6.45, 7) is 1.01. The van der Waals surface area contributed by atoms with E-state index in [1.807, 2.05) is 18.3 Å². The van der Waals surface area contributed by atoms with Crippen molar-refractivity contribution in [2.75, 3.05) is 13.9 Å². The Labute approximate surface area is 205 Å². The highest BCUT2D eigenvalue weighted by molar-refractivity contribution is 6.17.